The number of nitrogens with zero attached hydrogens (tertiary/aromatic N) is 1. The summed E-state index contributed by atoms with van der Waals surface area (Å²) in [5, 5.41) is 0. The topological polar surface area (TPSA) is 38.5 Å². The molecule has 2 N–H and O–H groups in total. The molecule has 0 spiro atoms. The Morgan fingerprint density at radius 3 is 2.20 bits per heavy atom. The summed E-state index contributed by atoms with van der Waals surface area (Å²) in [6, 6.07) is 0.407. The van der Waals surface area contributed by atoms with Gasteiger partial charge >= 0.3 is 0 Å². The highest BCUT2D eigenvalue weighted by atomic mass is 16.5. The fraction of sp³-hybridized carbons (Fsp3) is 1.00. The average molecular weight is 216 g/mol. The molecule has 0 radical (unpaired) electrons. The number of hydrogen-bond acceptors (Lipinski definition) is 3. The van der Waals surface area contributed by atoms with Crippen molar-refractivity contribution in [3.05, 3.63) is 0 Å². The Kier molecular flexibility index (Phi) is 6.41. The van der Waals surface area contributed by atoms with E-state index in [1.807, 2.05) is 0 Å². The Hall–Kier alpha value is -0.120. The third-order valence-electron chi connectivity index (χ3n) is 2.62. The first kappa shape index (κ1) is 14.9. The van der Waals surface area contributed by atoms with Gasteiger partial charge in [0.15, 0.2) is 0 Å². The lowest BCUT2D eigenvalue weighted by molar-refractivity contribution is 0.0814. The van der Waals surface area contributed by atoms with E-state index in [-0.39, 0.29) is 0 Å². The van der Waals surface area contributed by atoms with E-state index in [2.05, 4.69) is 39.6 Å². The van der Waals surface area contributed by atoms with Crippen LogP contribution < -0.4 is 5.73 Å². The highest BCUT2D eigenvalue weighted by Crippen LogP contribution is 2.18. The molecule has 0 aromatic heterocycles. The van der Waals surface area contributed by atoms with Crippen molar-refractivity contribution in [1.82, 2.24) is 4.90 Å². The van der Waals surface area contributed by atoms with Gasteiger partial charge in [0.1, 0.15) is 0 Å². The maximum Gasteiger partial charge on any atom is 0.0503 e. The number of nitrogens with two attached hydrogens (primary N) is 1. The van der Waals surface area contributed by atoms with Crippen molar-refractivity contribution in [3.63, 3.8) is 0 Å². The normalized spacial score (nSPS) is 16.8. The molecule has 92 valence electrons. The fourth-order valence-corrected chi connectivity index (χ4v) is 2.09. The second kappa shape index (κ2) is 6.46. The van der Waals surface area contributed by atoms with Gasteiger partial charge in [-0.15, -0.1) is 0 Å². The Morgan fingerprint density at radius 1 is 1.33 bits per heavy atom. The summed E-state index contributed by atoms with van der Waals surface area (Å²) in [4.78, 5) is 2.35. The molecule has 0 amide bonds. The van der Waals surface area contributed by atoms with E-state index in [0.29, 0.717) is 23.9 Å². The molecule has 0 saturated carbocycles. The van der Waals surface area contributed by atoms with Crippen molar-refractivity contribution < 1.29 is 4.74 Å². The molecule has 0 bridgehead atoms. The first-order valence-electron chi connectivity index (χ1n) is 5.71. The van der Waals surface area contributed by atoms with Crippen molar-refractivity contribution in [2.75, 3.05) is 33.9 Å². The van der Waals surface area contributed by atoms with E-state index in [0.717, 1.165) is 13.2 Å². The predicted octanol–water partition coefficient (Wildman–Crippen LogP) is 1.57. The summed E-state index contributed by atoms with van der Waals surface area (Å²) in [5.41, 5.74) is 6.14. The summed E-state index contributed by atoms with van der Waals surface area (Å²) >= 11 is 0. The summed E-state index contributed by atoms with van der Waals surface area (Å²) < 4.78 is 5.18. The molecular weight excluding hydrogens is 188 g/mol. The van der Waals surface area contributed by atoms with Crippen molar-refractivity contribution in [2.24, 2.45) is 17.1 Å². The van der Waals surface area contributed by atoms with Crippen LogP contribution >= 0.6 is 0 Å². The minimum Gasteiger partial charge on any atom is -0.384 e. The monoisotopic (exact) mass is 216 g/mol. The Bertz CT molecular complexity index is 165. The van der Waals surface area contributed by atoms with Crippen LogP contribution in [0.3, 0.4) is 0 Å². The number of ether oxygens (including phenoxy) is 1. The molecule has 0 heterocycles. The van der Waals surface area contributed by atoms with E-state index in [4.69, 9.17) is 10.5 Å². The maximum absolute atomic E-state index is 5.83. The van der Waals surface area contributed by atoms with Gasteiger partial charge in [-0.3, -0.25) is 0 Å². The van der Waals surface area contributed by atoms with Gasteiger partial charge < -0.3 is 15.4 Å². The highest BCUT2D eigenvalue weighted by molar-refractivity contribution is 4.78. The summed E-state index contributed by atoms with van der Waals surface area (Å²) in [5.74, 6) is 0.479. The van der Waals surface area contributed by atoms with Crippen LogP contribution in [0, 0.1) is 11.3 Å². The van der Waals surface area contributed by atoms with Crippen LogP contribution in [0.4, 0.5) is 0 Å². The van der Waals surface area contributed by atoms with E-state index in [1.165, 1.54) is 0 Å². The van der Waals surface area contributed by atoms with Crippen LogP contribution in [0.5, 0.6) is 0 Å². The first-order chi connectivity index (χ1) is 6.81. The second-order valence-corrected chi connectivity index (χ2v) is 5.71. The maximum atomic E-state index is 5.83. The number of hydrogen-bond donors (Lipinski definition) is 1. The van der Waals surface area contributed by atoms with Gasteiger partial charge in [0, 0.05) is 26.2 Å². The summed E-state index contributed by atoms with van der Waals surface area (Å²) in [7, 11) is 3.89. The van der Waals surface area contributed by atoms with E-state index >= 15 is 0 Å². The molecular formula is C12H28N2O. The Labute approximate surface area is 95.0 Å². The first-order valence-corrected chi connectivity index (χ1v) is 5.71. The summed E-state index contributed by atoms with van der Waals surface area (Å²) in [6.45, 7) is 11.5. The largest absolute Gasteiger partial charge is 0.384 e. The number of rotatable bonds is 6. The van der Waals surface area contributed by atoms with Gasteiger partial charge in [-0.1, -0.05) is 27.7 Å². The van der Waals surface area contributed by atoms with Gasteiger partial charge in [-0.25, -0.2) is 0 Å². The van der Waals surface area contributed by atoms with Crippen molar-refractivity contribution in [2.45, 2.75) is 33.7 Å². The van der Waals surface area contributed by atoms with Crippen molar-refractivity contribution in [1.29, 1.82) is 0 Å². The molecule has 0 rings (SSSR count). The van der Waals surface area contributed by atoms with Crippen LogP contribution in [0.15, 0.2) is 0 Å². The lowest BCUT2D eigenvalue weighted by atomic mass is 9.93. The molecule has 0 aliphatic heterocycles. The Morgan fingerprint density at radius 2 is 1.87 bits per heavy atom. The minimum atomic E-state index is 0.314. The SMILES string of the molecule is COCC(C)C(CN)N(C)CC(C)(C)C. The number of likely N-dealkylation sites (N-methyl/N-ethyl adjacent to an activating group) is 1. The van der Waals surface area contributed by atoms with Crippen LogP contribution in [-0.2, 0) is 4.74 Å². The molecule has 3 nitrogen and oxygen atoms in total. The fourth-order valence-electron chi connectivity index (χ4n) is 2.09. The van der Waals surface area contributed by atoms with E-state index < -0.39 is 0 Å². The molecule has 3 heteroatoms. The third-order valence-corrected chi connectivity index (χ3v) is 2.62. The molecule has 15 heavy (non-hydrogen) atoms. The van der Waals surface area contributed by atoms with E-state index in [1.54, 1.807) is 7.11 Å². The van der Waals surface area contributed by atoms with Crippen LogP contribution in [-0.4, -0.2) is 44.8 Å². The zero-order chi connectivity index (χ0) is 12.1. The molecule has 0 aromatic rings. The molecule has 2 unspecified atom stereocenters. The van der Waals surface area contributed by atoms with Crippen LogP contribution in [0.25, 0.3) is 0 Å². The zero-order valence-electron chi connectivity index (χ0n) is 11.2. The van der Waals surface area contributed by atoms with Crippen molar-refractivity contribution in [3.8, 4) is 0 Å². The van der Waals surface area contributed by atoms with Gasteiger partial charge in [0.25, 0.3) is 0 Å². The standard InChI is InChI=1S/C12H28N2O/c1-10(8-15-6)11(7-13)14(5)9-12(2,3)4/h10-11H,7-9,13H2,1-6H3. The van der Waals surface area contributed by atoms with E-state index in [9.17, 15) is 0 Å². The predicted molar refractivity (Wildman–Crippen MR) is 66.0 cm³/mol. The quantitative estimate of drug-likeness (QED) is 0.732. The third kappa shape index (κ3) is 6.13. The number of methoxy groups -OCH3 is 1. The highest BCUT2D eigenvalue weighted by Gasteiger charge is 2.23. The lowest BCUT2D eigenvalue weighted by Gasteiger charge is -2.35. The zero-order valence-corrected chi connectivity index (χ0v) is 11.2. The molecule has 0 fully saturated rings. The van der Waals surface area contributed by atoms with Gasteiger partial charge in [0.05, 0.1) is 6.61 Å². The average Bonchev–Trinajstić information content (AvgIpc) is 2.02. The lowest BCUT2D eigenvalue weighted by Crippen LogP contribution is -2.46. The molecule has 2 atom stereocenters. The van der Waals surface area contributed by atoms with Gasteiger partial charge in [-0.2, -0.15) is 0 Å². The molecule has 0 aromatic carbocycles. The smallest absolute Gasteiger partial charge is 0.0503 e. The van der Waals surface area contributed by atoms with Crippen molar-refractivity contribution >= 4 is 0 Å². The molecule has 0 aliphatic rings. The Balaban J connectivity index is 4.27. The van der Waals surface area contributed by atoms with Gasteiger partial charge in [-0.05, 0) is 18.4 Å². The molecule has 0 aliphatic carbocycles. The van der Waals surface area contributed by atoms with Crippen LogP contribution in [0.2, 0.25) is 0 Å². The van der Waals surface area contributed by atoms with Gasteiger partial charge in [0.2, 0.25) is 0 Å². The minimum absolute atomic E-state index is 0.314. The second-order valence-electron chi connectivity index (χ2n) is 5.71. The summed E-state index contributed by atoms with van der Waals surface area (Å²) in [6.07, 6.45) is 0. The van der Waals surface area contributed by atoms with Crippen LogP contribution in [0.1, 0.15) is 27.7 Å². The molecule has 0 saturated heterocycles.